The summed E-state index contributed by atoms with van der Waals surface area (Å²) < 4.78 is 5.27. The second-order valence-corrected chi connectivity index (χ2v) is 6.85. The summed E-state index contributed by atoms with van der Waals surface area (Å²) in [6.07, 6.45) is 5.77. The van der Waals surface area contributed by atoms with Gasteiger partial charge in [0.1, 0.15) is 5.75 Å². The van der Waals surface area contributed by atoms with Crippen LogP contribution in [0.5, 0.6) is 5.75 Å². The monoisotopic (exact) mass is 337 g/mol. The van der Waals surface area contributed by atoms with Crippen molar-refractivity contribution in [3.8, 4) is 5.75 Å². The van der Waals surface area contributed by atoms with Gasteiger partial charge in [0, 0.05) is 5.56 Å². The zero-order valence-electron chi connectivity index (χ0n) is 15.4. The van der Waals surface area contributed by atoms with Crippen LogP contribution >= 0.6 is 0 Å². The van der Waals surface area contributed by atoms with Crippen molar-refractivity contribution in [2.45, 2.75) is 52.0 Å². The van der Waals surface area contributed by atoms with Crippen molar-refractivity contribution in [3.63, 3.8) is 0 Å². The second-order valence-electron chi connectivity index (χ2n) is 6.85. The van der Waals surface area contributed by atoms with E-state index in [1.54, 1.807) is 7.11 Å². The van der Waals surface area contributed by atoms with E-state index in [-0.39, 0.29) is 11.9 Å². The van der Waals surface area contributed by atoms with E-state index < -0.39 is 0 Å². The van der Waals surface area contributed by atoms with Crippen LogP contribution < -0.4 is 10.1 Å². The van der Waals surface area contributed by atoms with Gasteiger partial charge in [0.25, 0.3) is 5.91 Å². The summed E-state index contributed by atoms with van der Waals surface area (Å²) in [5.74, 6) is 0.772. The highest BCUT2D eigenvalue weighted by atomic mass is 16.5. The molecule has 0 saturated carbocycles. The molecule has 1 aliphatic rings. The fourth-order valence-corrected chi connectivity index (χ4v) is 3.65. The van der Waals surface area contributed by atoms with Gasteiger partial charge >= 0.3 is 0 Å². The molecule has 1 N–H and O–H groups in total. The number of hydrogen-bond acceptors (Lipinski definition) is 2. The van der Waals surface area contributed by atoms with Gasteiger partial charge in [0.2, 0.25) is 0 Å². The van der Waals surface area contributed by atoms with Crippen LogP contribution in [0.25, 0.3) is 0 Å². The van der Waals surface area contributed by atoms with Gasteiger partial charge in [-0.05, 0) is 79.5 Å². The molecule has 0 radical (unpaired) electrons. The molecule has 0 aliphatic heterocycles. The van der Waals surface area contributed by atoms with E-state index in [0.29, 0.717) is 5.56 Å². The van der Waals surface area contributed by atoms with Gasteiger partial charge in [-0.15, -0.1) is 0 Å². The van der Waals surface area contributed by atoms with Crippen LogP contribution in [-0.4, -0.2) is 13.0 Å². The lowest BCUT2D eigenvalue weighted by atomic mass is 9.88. The number of methoxy groups -OCH3 is 1. The summed E-state index contributed by atoms with van der Waals surface area (Å²) in [6.45, 7) is 4.07. The molecule has 132 valence electrons. The van der Waals surface area contributed by atoms with Gasteiger partial charge in [0.15, 0.2) is 0 Å². The first-order chi connectivity index (χ1) is 12.1. The van der Waals surface area contributed by atoms with Gasteiger partial charge in [-0.3, -0.25) is 4.79 Å². The van der Waals surface area contributed by atoms with E-state index in [1.165, 1.54) is 36.0 Å². The predicted octanol–water partition coefficient (Wildman–Crippen LogP) is 4.76. The summed E-state index contributed by atoms with van der Waals surface area (Å²) >= 11 is 0. The normalized spacial score (nSPS) is 14.5. The van der Waals surface area contributed by atoms with Crippen LogP contribution in [0.15, 0.2) is 36.4 Å². The SMILES string of the molecule is CC[C@@H](NC(=O)c1ccc(OC)c(C)c1)c1ccc2c(c1)CCCC2. The molecule has 3 heteroatoms. The first-order valence-corrected chi connectivity index (χ1v) is 9.19. The molecule has 0 heterocycles. The largest absolute Gasteiger partial charge is 0.496 e. The minimum Gasteiger partial charge on any atom is -0.496 e. The summed E-state index contributed by atoms with van der Waals surface area (Å²) in [7, 11) is 1.64. The summed E-state index contributed by atoms with van der Waals surface area (Å²) in [6, 6.07) is 12.3. The van der Waals surface area contributed by atoms with E-state index in [1.807, 2.05) is 25.1 Å². The highest BCUT2D eigenvalue weighted by molar-refractivity contribution is 5.94. The van der Waals surface area contributed by atoms with Gasteiger partial charge < -0.3 is 10.1 Å². The van der Waals surface area contributed by atoms with Gasteiger partial charge in [-0.25, -0.2) is 0 Å². The maximum Gasteiger partial charge on any atom is 0.251 e. The molecule has 0 aromatic heterocycles. The molecule has 1 aliphatic carbocycles. The van der Waals surface area contributed by atoms with Crippen LogP contribution in [0.3, 0.4) is 0 Å². The Balaban J connectivity index is 1.77. The molecular formula is C22H27NO2. The number of ether oxygens (including phenoxy) is 1. The number of carbonyl (C=O) groups excluding carboxylic acids is 1. The van der Waals surface area contributed by atoms with Crippen molar-refractivity contribution in [2.75, 3.05) is 7.11 Å². The number of rotatable bonds is 5. The molecular weight excluding hydrogens is 310 g/mol. The minimum atomic E-state index is -0.0321. The Morgan fingerprint density at radius 1 is 1.12 bits per heavy atom. The van der Waals surface area contributed by atoms with Crippen molar-refractivity contribution in [1.29, 1.82) is 0 Å². The van der Waals surface area contributed by atoms with Crippen molar-refractivity contribution < 1.29 is 9.53 Å². The Kier molecular flexibility index (Phi) is 5.42. The minimum absolute atomic E-state index is 0.0321. The fraction of sp³-hybridized carbons (Fsp3) is 0.409. The summed E-state index contributed by atoms with van der Waals surface area (Å²) in [5, 5.41) is 3.19. The highest BCUT2D eigenvalue weighted by Crippen LogP contribution is 2.26. The maximum atomic E-state index is 12.7. The molecule has 3 rings (SSSR count). The van der Waals surface area contributed by atoms with E-state index in [4.69, 9.17) is 4.74 Å². The average Bonchev–Trinajstić information content (AvgIpc) is 2.65. The number of benzene rings is 2. The molecule has 2 aromatic carbocycles. The number of carbonyl (C=O) groups is 1. The Labute approximate surface area is 150 Å². The Hall–Kier alpha value is -2.29. The number of fused-ring (bicyclic) bond motifs is 1. The molecule has 0 saturated heterocycles. The van der Waals surface area contributed by atoms with E-state index >= 15 is 0 Å². The molecule has 1 amide bonds. The molecule has 0 fully saturated rings. The Bertz CT molecular complexity index is 767. The van der Waals surface area contributed by atoms with Crippen LogP contribution in [-0.2, 0) is 12.8 Å². The Morgan fingerprint density at radius 2 is 1.88 bits per heavy atom. The first-order valence-electron chi connectivity index (χ1n) is 9.19. The Morgan fingerprint density at radius 3 is 2.56 bits per heavy atom. The smallest absolute Gasteiger partial charge is 0.251 e. The van der Waals surface area contributed by atoms with E-state index in [2.05, 4.69) is 30.4 Å². The average molecular weight is 337 g/mol. The first kappa shape index (κ1) is 17.5. The molecule has 25 heavy (non-hydrogen) atoms. The fourth-order valence-electron chi connectivity index (χ4n) is 3.65. The number of hydrogen-bond donors (Lipinski definition) is 1. The molecule has 1 atom stereocenters. The predicted molar refractivity (Wildman–Crippen MR) is 101 cm³/mol. The third-order valence-electron chi connectivity index (χ3n) is 5.15. The van der Waals surface area contributed by atoms with E-state index in [9.17, 15) is 4.79 Å². The highest BCUT2D eigenvalue weighted by Gasteiger charge is 2.17. The zero-order chi connectivity index (χ0) is 17.8. The lowest BCUT2D eigenvalue weighted by Gasteiger charge is -2.22. The lowest BCUT2D eigenvalue weighted by molar-refractivity contribution is 0.0935. The number of amides is 1. The summed E-state index contributed by atoms with van der Waals surface area (Å²) in [4.78, 5) is 12.7. The number of nitrogens with one attached hydrogen (secondary N) is 1. The third-order valence-corrected chi connectivity index (χ3v) is 5.15. The van der Waals surface area contributed by atoms with Gasteiger partial charge in [-0.1, -0.05) is 25.1 Å². The maximum absolute atomic E-state index is 12.7. The van der Waals surface area contributed by atoms with E-state index in [0.717, 1.165) is 24.2 Å². The van der Waals surface area contributed by atoms with Crippen LogP contribution in [0, 0.1) is 6.92 Å². The van der Waals surface area contributed by atoms with Gasteiger partial charge in [0.05, 0.1) is 13.2 Å². The molecule has 3 nitrogen and oxygen atoms in total. The zero-order valence-corrected chi connectivity index (χ0v) is 15.4. The third kappa shape index (κ3) is 3.87. The molecule has 2 aromatic rings. The van der Waals surface area contributed by atoms with Crippen LogP contribution in [0.2, 0.25) is 0 Å². The lowest BCUT2D eigenvalue weighted by Crippen LogP contribution is -2.28. The van der Waals surface area contributed by atoms with Crippen LogP contribution in [0.1, 0.15) is 64.8 Å². The molecule has 0 unspecified atom stereocenters. The molecule has 0 spiro atoms. The topological polar surface area (TPSA) is 38.3 Å². The van der Waals surface area contributed by atoms with Crippen molar-refractivity contribution in [2.24, 2.45) is 0 Å². The standard InChI is InChI=1S/C22H27NO2/c1-4-20(18-10-9-16-7-5-6-8-17(16)14-18)23-22(24)19-11-12-21(25-3)15(2)13-19/h9-14,20H,4-8H2,1-3H3,(H,23,24)/t20-/m1/s1. The van der Waals surface area contributed by atoms with Crippen molar-refractivity contribution >= 4 is 5.91 Å². The quantitative estimate of drug-likeness (QED) is 0.854. The van der Waals surface area contributed by atoms with Gasteiger partial charge in [-0.2, -0.15) is 0 Å². The van der Waals surface area contributed by atoms with Crippen molar-refractivity contribution in [1.82, 2.24) is 5.32 Å². The van der Waals surface area contributed by atoms with Crippen molar-refractivity contribution in [3.05, 3.63) is 64.2 Å². The van der Waals surface area contributed by atoms with Crippen LogP contribution in [0.4, 0.5) is 0 Å². The second kappa shape index (κ2) is 7.73. The number of aryl methyl sites for hydroxylation is 3. The summed E-state index contributed by atoms with van der Waals surface area (Å²) in [5.41, 5.74) is 5.78. The molecule has 0 bridgehead atoms.